The van der Waals surface area contributed by atoms with Gasteiger partial charge in [0, 0.05) is 30.6 Å². The van der Waals surface area contributed by atoms with E-state index in [4.69, 9.17) is 9.94 Å². The molecule has 1 aromatic heterocycles. The van der Waals surface area contributed by atoms with Gasteiger partial charge in [0.2, 0.25) is 0 Å². The Kier molecular flexibility index (Phi) is 6.25. The zero-order valence-corrected chi connectivity index (χ0v) is 16.4. The third kappa shape index (κ3) is 4.23. The maximum absolute atomic E-state index is 14.5. The molecule has 8 nitrogen and oxygen atoms in total. The van der Waals surface area contributed by atoms with Crippen LogP contribution >= 0.6 is 0 Å². The average molecular weight is 412 g/mol. The molecule has 1 aromatic carbocycles. The van der Waals surface area contributed by atoms with Gasteiger partial charge >= 0.3 is 0 Å². The van der Waals surface area contributed by atoms with Crippen LogP contribution in [0.2, 0.25) is 0 Å². The summed E-state index contributed by atoms with van der Waals surface area (Å²) in [5.74, 6) is -1.23. The number of aryl methyl sites for hydroxylation is 1. The molecule has 0 fully saturated rings. The minimum Gasteiger partial charge on any atom is -0.497 e. The SMILES string of the molecule is COc1ccc(-c2cc(=O)n(CCC(C)(C(=O)NO)S(C)(=O)=O)cc2F)cc1. The topological polar surface area (TPSA) is 115 Å². The second-order valence-corrected chi connectivity index (χ2v) is 8.93. The van der Waals surface area contributed by atoms with Gasteiger partial charge in [0.1, 0.15) is 11.6 Å². The zero-order valence-electron chi connectivity index (χ0n) is 15.6. The molecule has 0 bridgehead atoms. The van der Waals surface area contributed by atoms with Crippen LogP contribution in [0.3, 0.4) is 0 Å². The lowest BCUT2D eigenvalue weighted by Crippen LogP contribution is -2.50. The minimum absolute atomic E-state index is 0.0860. The highest BCUT2D eigenvalue weighted by Gasteiger charge is 2.43. The number of sulfone groups is 1. The van der Waals surface area contributed by atoms with Crippen molar-refractivity contribution in [3.05, 3.63) is 52.7 Å². The smallest absolute Gasteiger partial charge is 0.264 e. The molecular formula is C18H21FN2O6S. The number of amides is 1. The summed E-state index contributed by atoms with van der Waals surface area (Å²) in [6, 6.07) is 7.57. The second-order valence-electron chi connectivity index (χ2n) is 6.49. The van der Waals surface area contributed by atoms with Crippen LogP contribution in [0.15, 0.2) is 41.3 Å². The van der Waals surface area contributed by atoms with Gasteiger partial charge in [-0.15, -0.1) is 0 Å². The number of ether oxygens (including phenoxy) is 1. The van der Waals surface area contributed by atoms with Gasteiger partial charge < -0.3 is 9.30 Å². The van der Waals surface area contributed by atoms with Crippen LogP contribution in [0, 0.1) is 5.82 Å². The van der Waals surface area contributed by atoms with Gasteiger partial charge in [0.05, 0.1) is 7.11 Å². The van der Waals surface area contributed by atoms with Crippen molar-refractivity contribution < 1.29 is 27.5 Å². The third-order valence-corrected chi connectivity index (χ3v) is 6.73. The molecule has 1 amide bonds. The number of nitrogens with one attached hydrogen (secondary N) is 1. The van der Waals surface area contributed by atoms with Crippen LogP contribution < -0.4 is 15.8 Å². The maximum Gasteiger partial charge on any atom is 0.264 e. The van der Waals surface area contributed by atoms with Crippen molar-refractivity contribution in [3.8, 4) is 16.9 Å². The van der Waals surface area contributed by atoms with E-state index in [1.807, 2.05) is 0 Å². The van der Waals surface area contributed by atoms with Crippen molar-refractivity contribution in [2.24, 2.45) is 0 Å². The summed E-state index contributed by atoms with van der Waals surface area (Å²) in [5.41, 5.74) is 1.32. The highest BCUT2D eigenvalue weighted by molar-refractivity contribution is 7.92. The monoisotopic (exact) mass is 412 g/mol. The number of hydrogen-bond donors (Lipinski definition) is 2. The number of carbonyl (C=O) groups is 1. The third-order valence-electron chi connectivity index (χ3n) is 4.71. The van der Waals surface area contributed by atoms with Gasteiger partial charge in [-0.3, -0.25) is 14.8 Å². The fraction of sp³-hybridized carbons (Fsp3) is 0.333. The maximum atomic E-state index is 14.5. The normalized spacial score (nSPS) is 13.6. The molecule has 0 aliphatic carbocycles. The van der Waals surface area contributed by atoms with Crippen molar-refractivity contribution in [2.75, 3.05) is 13.4 Å². The summed E-state index contributed by atoms with van der Waals surface area (Å²) in [6.45, 7) is 0.886. The largest absolute Gasteiger partial charge is 0.497 e. The molecule has 0 radical (unpaired) electrons. The highest BCUT2D eigenvalue weighted by atomic mass is 32.2. The van der Waals surface area contributed by atoms with Crippen molar-refractivity contribution in [1.29, 1.82) is 0 Å². The lowest BCUT2D eigenvalue weighted by Gasteiger charge is -2.25. The molecule has 0 saturated heterocycles. The highest BCUT2D eigenvalue weighted by Crippen LogP contribution is 2.25. The van der Waals surface area contributed by atoms with Gasteiger partial charge in [-0.25, -0.2) is 18.3 Å². The van der Waals surface area contributed by atoms with E-state index in [9.17, 15) is 22.4 Å². The Morgan fingerprint density at radius 2 is 1.93 bits per heavy atom. The molecule has 152 valence electrons. The van der Waals surface area contributed by atoms with E-state index in [0.29, 0.717) is 11.3 Å². The number of halogens is 1. The summed E-state index contributed by atoms with van der Waals surface area (Å²) in [6.07, 6.45) is 1.47. The lowest BCUT2D eigenvalue weighted by atomic mass is 10.1. The molecule has 0 spiro atoms. The first kappa shape index (κ1) is 21.6. The van der Waals surface area contributed by atoms with Gasteiger partial charge in [-0.05, 0) is 31.0 Å². The predicted octanol–water partition coefficient (Wildman–Crippen LogP) is 1.36. The average Bonchev–Trinajstić information content (AvgIpc) is 2.66. The Morgan fingerprint density at radius 1 is 1.32 bits per heavy atom. The second kappa shape index (κ2) is 8.11. The first-order valence-corrected chi connectivity index (χ1v) is 10.1. The van der Waals surface area contributed by atoms with Gasteiger partial charge in [0.15, 0.2) is 14.6 Å². The van der Waals surface area contributed by atoms with Crippen LogP contribution in [-0.2, 0) is 21.2 Å². The van der Waals surface area contributed by atoms with Crippen molar-refractivity contribution in [3.63, 3.8) is 0 Å². The molecule has 2 N–H and O–H groups in total. The van der Waals surface area contributed by atoms with E-state index in [0.717, 1.165) is 30.0 Å². The summed E-state index contributed by atoms with van der Waals surface area (Å²) >= 11 is 0. The zero-order chi connectivity index (χ0) is 21.1. The molecule has 0 saturated carbocycles. The van der Waals surface area contributed by atoms with Crippen molar-refractivity contribution >= 4 is 15.7 Å². The Labute approximate surface area is 161 Å². The van der Waals surface area contributed by atoms with E-state index >= 15 is 0 Å². The Morgan fingerprint density at radius 3 is 2.43 bits per heavy atom. The molecule has 1 atom stereocenters. The van der Waals surface area contributed by atoms with Crippen molar-refractivity contribution in [2.45, 2.75) is 24.6 Å². The van der Waals surface area contributed by atoms with Gasteiger partial charge in [0.25, 0.3) is 11.5 Å². The number of hydrogen-bond acceptors (Lipinski definition) is 6. The van der Waals surface area contributed by atoms with E-state index in [1.54, 1.807) is 24.3 Å². The summed E-state index contributed by atoms with van der Waals surface area (Å²) in [5, 5.41) is 8.83. The molecule has 1 unspecified atom stereocenters. The Bertz CT molecular complexity index is 1030. The van der Waals surface area contributed by atoms with Gasteiger partial charge in [-0.2, -0.15) is 0 Å². The lowest BCUT2D eigenvalue weighted by molar-refractivity contribution is -0.131. The number of pyridine rings is 1. The molecule has 1 heterocycles. The molecule has 2 rings (SSSR count). The molecule has 28 heavy (non-hydrogen) atoms. The van der Waals surface area contributed by atoms with E-state index < -0.39 is 31.9 Å². The number of aromatic nitrogens is 1. The number of methoxy groups -OCH3 is 1. The summed E-state index contributed by atoms with van der Waals surface area (Å²) in [7, 11) is -2.42. The fourth-order valence-electron chi connectivity index (χ4n) is 2.63. The van der Waals surface area contributed by atoms with Crippen molar-refractivity contribution in [1.82, 2.24) is 10.0 Å². The summed E-state index contributed by atoms with van der Waals surface area (Å²) < 4.78 is 42.5. The van der Waals surface area contributed by atoms with Crippen LogP contribution in [0.5, 0.6) is 5.75 Å². The van der Waals surface area contributed by atoms with Crippen LogP contribution in [-0.4, -0.2) is 42.2 Å². The van der Waals surface area contributed by atoms with Crippen LogP contribution in [0.25, 0.3) is 11.1 Å². The number of nitrogens with zero attached hydrogens (tertiary/aromatic N) is 1. The van der Waals surface area contributed by atoms with E-state index in [2.05, 4.69) is 0 Å². The molecule has 2 aromatic rings. The molecule has 0 aliphatic heterocycles. The first-order chi connectivity index (χ1) is 13.0. The minimum atomic E-state index is -3.92. The quantitative estimate of drug-likeness (QED) is 0.524. The predicted molar refractivity (Wildman–Crippen MR) is 100 cm³/mol. The summed E-state index contributed by atoms with van der Waals surface area (Å²) in [4.78, 5) is 24.2. The van der Waals surface area contributed by atoms with Crippen LogP contribution in [0.1, 0.15) is 13.3 Å². The first-order valence-electron chi connectivity index (χ1n) is 8.22. The van der Waals surface area contributed by atoms with Gasteiger partial charge in [-0.1, -0.05) is 12.1 Å². The molecule has 10 heteroatoms. The molecule has 0 aliphatic rings. The fourth-order valence-corrected chi connectivity index (χ4v) is 3.48. The number of carbonyl (C=O) groups excluding carboxylic acids is 1. The molecular weight excluding hydrogens is 391 g/mol. The van der Waals surface area contributed by atoms with Crippen LogP contribution in [0.4, 0.5) is 4.39 Å². The standard InChI is InChI=1S/C18H21FN2O6S/c1-18(17(23)20-24,28(3,25)26)8-9-21-11-15(19)14(10-16(21)22)12-4-6-13(27-2)7-5-12/h4-7,10-11,24H,8-9H2,1-3H3,(H,20,23). The van der Waals surface area contributed by atoms with E-state index in [1.165, 1.54) is 12.6 Å². The number of hydroxylamine groups is 1. The Balaban J connectivity index is 2.34. The number of rotatable bonds is 7. The van der Waals surface area contributed by atoms with E-state index in [-0.39, 0.29) is 18.5 Å². The Hall–Kier alpha value is -2.72. The number of benzene rings is 1.